The molecule has 0 spiro atoms. The van der Waals surface area contributed by atoms with Crippen molar-refractivity contribution in [2.45, 2.75) is 32.9 Å². The van der Waals surface area contributed by atoms with Crippen molar-refractivity contribution in [3.8, 4) is 0 Å². The van der Waals surface area contributed by atoms with Crippen LogP contribution in [0.5, 0.6) is 0 Å². The number of rotatable bonds is 2. The van der Waals surface area contributed by atoms with E-state index in [1.807, 2.05) is 26.0 Å². The van der Waals surface area contributed by atoms with Gasteiger partial charge in [-0.05, 0) is 31.9 Å². The van der Waals surface area contributed by atoms with Crippen LogP contribution in [0.1, 0.15) is 29.7 Å². The Kier molecular flexibility index (Phi) is 5.13. The first-order chi connectivity index (χ1) is 6.02. The van der Waals surface area contributed by atoms with Gasteiger partial charge in [0.2, 0.25) is 0 Å². The molecule has 3 heteroatoms. The molecule has 0 fully saturated rings. The van der Waals surface area contributed by atoms with Gasteiger partial charge in [0, 0.05) is 0 Å². The van der Waals surface area contributed by atoms with Crippen molar-refractivity contribution in [1.29, 1.82) is 0 Å². The molecule has 14 heavy (non-hydrogen) atoms. The largest absolute Gasteiger partial charge is 0.391 e. The fourth-order valence-corrected chi connectivity index (χ4v) is 1.46. The molecule has 1 aromatic rings. The zero-order chi connectivity index (χ0) is 10.0. The number of nitrogens with two attached hydrogens (primary N) is 1. The zero-order valence-electron chi connectivity index (χ0n) is 8.82. The number of aliphatic hydroxyl groups is 1. The highest BCUT2D eigenvalue weighted by Crippen LogP contribution is 2.19. The van der Waals surface area contributed by atoms with E-state index < -0.39 is 6.10 Å². The maximum atomic E-state index is 9.34. The van der Waals surface area contributed by atoms with Gasteiger partial charge in [-0.25, -0.2) is 0 Å². The van der Waals surface area contributed by atoms with Crippen LogP contribution in [0.2, 0.25) is 0 Å². The number of hydrogen-bond acceptors (Lipinski definition) is 2. The molecule has 0 bridgehead atoms. The van der Waals surface area contributed by atoms with Crippen LogP contribution in [0, 0.1) is 13.8 Å². The molecule has 2 atom stereocenters. The molecule has 0 aromatic heterocycles. The van der Waals surface area contributed by atoms with Crippen molar-refractivity contribution in [2.24, 2.45) is 5.73 Å². The number of aliphatic hydroxyl groups excluding tert-OH is 1. The number of hydrogen-bond donors (Lipinski definition) is 2. The van der Waals surface area contributed by atoms with Crippen molar-refractivity contribution in [2.75, 3.05) is 0 Å². The molecule has 0 saturated carbocycles. The van der Waals surface area contributed by atoms with E-state index in [4.69, 9.17) is 5.73 Å². The zero-order valence-corrected chi connectivity index (χ0v) is 9.64. The van der Waals surface area contributed by atoms with E-state index >= 15 is 0 Å². The van der Waals surface area contributed by atoms with Gasteiger partial charge < -0.3 is 10.8 Å². The van der Waals surface area contributed by atoms with Crippen molar-refractivity contribution in [1.82, 2.24) is 0 Å². The fraction of sp³-hybridized carbons (Fsp3) is 0.455. The van der Waals surface area contributed by atoms with E-state index in [0.717, 1.165) is 11.1 Å². The van der Waals surface area contributed by atoms with Gasteiger partial charge in [-0.3, -0.25) is 0 Å². The monoisotopic (exact) mass is 215 g/mol. The quantitative estimate of drug-likeness (QED) is 0.794. The minimum absolute atomic E-state index is 0. The van der Waals surface area contributed by atoms with E-state index in [9.17, 15) is 5.11 Å². The summed E-state index contributed by atoms with van der Waals surface area (Å²) in [6.07, 6.45) is -0.499. The van der Waals surface area contributed by atoms with Crippen LogP contribution in [0.15, 0.2) is 18.2 Å². The Morgan fingerprint density at radius 1 is 1.29 bits per heavy atom. The lowest BCUT2D eigenvalue weighted by molar-refractivity contribution is 0.164. The molecule has 0 heterocycles. The van der Waals surface area contributed by atoms with Crippen LogP contribution in [0.3, 0.4) is 0 Å². The van der Waals surface area contributed by atoms with Gasteiger partial charge in [0.05, 0.1) is 12.1 Å². The third kappa shape index (κ3) is 2.98. The Bertz CT molecular complexity index is 299. The molecule has 0 saturated heterocycles. The highest BCUT2D eigenvalue weighted by atomic mass is 35.5. The second kappa shape index (κ2) is 5.35. The molecular formula is C11H18ClNO. The molecule has 0 unspecified atom stereocenters. The summed E-state index contributed by atoms with van der Waals surface area (Å²) in [7, 11) is 0. The van der Waals surface area contributed by atoms with Gasteiger partial charge >= 0.3 is 0 Å². The number of halogens is 1. The number of aryl methyl sites for hydroxylation is 2. The molecule has 0 aliphatic heterocycles. The third-order valence-corrected chi connectivity index (χ3v) is 2.30. The van der Waals surface area contributed by atoms with Crippen molar-refractivity contribution < 1.29 is 5.11 Å². The normalized spacial score (nSPS) is 14.4. The predicted octanol–water partition coefficient (Wildman–Crippen LogP) is 2.11. The van der Waals surface area contributed by atoms with Gasteiger partial charge in [-0.15, -0.1) is 12.4 Å². The van der Waals surface area contributed by atoms with Gasteiger partial charge in [0.1, 0.15) is 0 Å². The first kappa shape index (κ1) is 13.4. The maximum absolute atomic E-state index is 9.34. The Balaban J connectivity index is 0.00000169. The van der Waals surface area contributed by atoms with Crippen LogP contribution in [0.25, 0.3) is 0 Å². The number of benzene rings is 1. The first-order valence-corrected chi connectivity index (χ1v) is 4.53. The molecule has 0 aliphatic rings. The average Bonchev–Trinajstić information content (AvgIpc) is 2.03. The summed E-state index contributed by atoms with van der Waals surface area (Å²) in [5.41, 5.74) is 9.24. The molecule has 3 N–H and O–H groups in total. The van der Waals surface area contributed by atoms with Crippen LogP contribution in [-0.4, -0.2) is 11.2 Å². The SMILES string of the molecule is Cc1ccc([C@@H](N)[C@H](C)O)c(C)c1.Cl. The Hall–Kier alpha value is -0.570. The highest BCUT2D eigenvalue weighted by Gasteiger charge is 2.13. The Morgan fingerprint density at radius 3 is 2.29 bits per heavy atom. The van der Waals surface area contributed by atoms with E-state index in [1.54, 1.807) is 6.92 Å². The molecule has 80 valence electrons. The van der Waals surface area contributed by atoms with Gasteiger partial charge in [-0.1, -0.05) is 23.8 Å². The van der Waals surface area contributed by atoms with Crippen molar-refractivity contribution in [3.63, 3.8) is 0 Å². The van der Waals surface area contributed by atoms with E-state index in [-0.39, 0.29) is 18.4 Å². The average molecular weight is 216 g/mol. The van der Waals surface area contributed by atoms with Gasteiger partial charge in [0.15, 0.2) is 0 Å². The summed E-state index contributed by atoms with van der Waals surface area (Å²) in [6.45, 7) is 5.78. The third-order valence-electron chi connectivity index (χ3n) is 2.30. The van der Waals surface area contributed by atoms with Crippen LogP contribution < -0.4 is 5.73 Å². The topological polar surface area (TPSA) is 46.2 Å². The molecular weight excluding hydrogens is 198 g/mol. The summed E-state index contributed by atoms with van der Waals surface area (Å²) in [5.74, 6) is 0. The molecule has 0 amide bonds. The summed E-state index contributed by atoms with van der Waals surface area (Å²) >= 11 is 0. The Labute approximate surface area is 91.5 Å². The lowest BCUT2D eigenvalue weighted by atomic mass is 9.97. The van der Waals surface area contributed by atoms with E-state index in [2.05, 4.69) is 6.07 Å². The maximum Gasteiger partial charge on any atom is 0.0704 e. The van der Waals surface area contributed by atoms with Crippen molar-refractivity contribution in [3.05, 3.63) is 34.9 Å². The predicted molar refractivity (Wildman–Crippen MR) is 61.8 cm³/mol. The lowest BCUT2D eigenvalue weighted by Gasteiger charge is -2.17. The Morgan fingerprint density at radius 2 is 1.86 bits per heavy atom. The van der Waals surface area contributed by atoms with E-state index in [0.29, 0.717) is 0 Å². The smallest absolute Gasteiger partial charge is 0.0704 e. The van der Waals surface area contributed by atoms with Crippen LogP contribution >= 0.6 is 12.4 Å². The standard InChI is InChI=1S/C11H17NO.ClH/c1-7-4-5-10(8(2)6-7)11(12)9(3)13;/h4-6,9,11,13H,12H2,1-3H3;1H/t9-,11-;/m0./s1. The molecule has 1 aromatic carbocycles. The minimum Gasteiger partial charge on any atom is -0.391 e. The lowest BCUT2D eigenvalue weighted by Crippen LogP contribution is -2.23. The van der Waals surface area contributed by atoms with E-state index in [1.165, 1.54) is 5.56 Å². The van der Waals surface area contributed by atoms with Crippen molar-refractivity contribution >= 4 is 12.4 Å². The van der Waals surface area contributed by atoms with Crippen LogP contribution in [-0.2, 0) is 0 Å². The molecule has 1 rings (SSSR count). The summed E-state index contributed by atoms with van der Waals surface area (Å²) in [6, 6.07) is 5.81. The highest BCUT2D eigenvalue weighted by molar-refractivity contribution is 5.85. The minimum atomic E-state index is -0.499. The summed E-state index contributed by atoms with van der Waals surface area (Å²) < 4.78 is 0. The van der Waals surface area contributed by atoms with Gasteiger partial charge in [0.25, 0.3) is 0 Å². The second-order valence-corrected chi connectivity index (χ2v) is 3.63. The second-order valence-electron chi connectivity index (χ2n) is 3.63. The molecule has 0 radical (unpaired) electrons. The fourth-order valence-electron chi connectivity index (χ4n) is 1.46. The summed E-state index contributed by atoms with van der Waals surface area (Å²) in [5, 5.41) is 9.34. The first-order valence-electron chi connectivity index (χ1n) is 4.53. The molecule has 0 aliphatic carbocycles. The van der Waals surface area contributed by atoms with Crippen LogP contribution in [0.4, 0.5) is 0 Å². The molecule has 2 nitrogen and oxygen atoms in total. The summed E-state index contributed by atoms with van der Waals surface area (Å²) in [4.78, 5) is 0. The van der Waals surface area contributed by atoms with Gasteiger partial charge in [-0.2, -0.15) is 0 Å².